The molecule has 1 heterocycles. The molecule has 2 unspecified atom stereocenters. The fourth-order valence-corrected chi connectivity index (χ4v) is 2.92. The van der Waals surface area contributed by atoms with Crippen LogP contribution in [0, 0.1) is 11.8 Å². The first-order chi connectivity index (χ1) is 8.40. The van der Waals surface area contributed by atoms with E-state index in [1.165, 1.54) is 0 Å². The van der Waals surface area contributed by atoms with Crippen LogP contribution in [0.1, 0.15) is 47.0 Å². The van der Waals surface area contributed by atoms with Crippen molar-refractivity contribution in [1.82, 2.24) is 10.2 Å². The zero-order chi connectivity index (χ0) is 13.5. The SMILES string of the molecule is CCC1C(=O)NC(C)(C2CC2)C(=O)N1CC(C)C. The molecule has 4 heteroatoms. The van der Waals surface area contributed by atoms with Gasteiger partial charge in [-0.15, -0.1) is 0 Å². The Hall–Kier alpha value is -1.06. The molecule has 1 aliphatic carbocycles. The van der Waals surface area contributed by atoms with E-state index in [4.69, 9.17) is 0 Å². The van der Waals surface area contributed by atoms with Crippen LogP contribution in [0.5, 0.6) is 0 Å². The smallest absolute Gasteiger partial charge is 0.249 e. The molecule has 0 spiro atoms. The summed E-state index contributed by atoms with van der Waals surface area (Å²) >= 11 is 0. The van der Waals surface area contributed by atoms with Crippen LogP contribution in [0.15, 0.2) is 0 Å². The average molecular weight is 252 g/mol. The molecule has 0 aromatic carbocycles. The van der Waals surface area contributed by atoms with Crippen molar-refractivity contribution >= 4 is 11.8 Å². The standard InChI is InChI=1S/C14H24N2O2/c1-5-11-12(17)15-14(4,10-6-7-10)13(18)16(11)8-9(2)3/h9-11H,5-8H2,1-4H3,(H,15,17). The average Bonchev–Trinajstić information content (AvgIpc) is 3.09. The van der Waals surface area contributed by atoms with Crippen LogP contribution in [-0.4, -0.2) is 34.8 Å². The number of carbonyl (C=O) groups excluding carboxylic acids is 2. The number of nitrogens with zero attached hydrogens (tertiary/aromatic N) is 1. The number of hydrogen-bond donors (Lipinski definition) is 1. The summed E-state index contributed by atoms with van der Waals surface area (Å²) in [7, 11) is 0. The second-order valence-electron chi connectivity index (χ2n) is 6.24. The highest BCUT2D eigenvalue weighted by molar-refractivity contribution is 6.00. The summed E-state index contributed by atoms with van der Waals surface area (Å²) in [5, 5.41) is 2.98. The Kier molecular flexibility index (Phi) is 3.39. The molecular formula is C14H24N2O2. The summed E-state index contributed by atoms with van der Waals surface area (Å²) in [6.07, 6.45) is 2.79. The third-order valence-electron chi connectivity index (χ3n) is 4.11. The molecule has 18 heavy (non-hydrogen) atoms. The van der Waals surface area contributed by atoms with Gasteiger partial charge in [-0.25, -0.2) is 0 Å². The number of amides is 2. The number of nitrogens with one attached hydrogen (secondary N) is 1. The van der Waals surface area contributed by atoms with E-state index in [0.717, 1.165) is 12.8 Å². The summed E-state index contributed by atoms with van der Waals surface area (Å²) in [6, 6.07) is -0.285. The van der Waals surface area contributed by atoms with Crippen LogP contribution in [0.2, 0.25) is 0 Å². The molecule has 2 fully saturated rings. The summed E-state index contributed by atoms with van der Waals surface area (Å²) in [5.74, 6) is 0.857. The molecule has 1 aliphatic heterocycles. The first-order valence-corrected chi connectivity index (χ1v) is 7.03. The molecule has 1 N–H and O–H groups in total. The second kappa shape index (κ2) is 4.56. The highest BCUT2D eigenvalue weighted by Gasteiger charge is 2.54. The van der Waals surface area contributed by atoms with Gasteiger partial charge in [-0.05, 0) is 38.0 Å². The summed E-state index contributed by atoms with van der Waals surface area (Å²) in [5.41, 5.74) is -0.655. The predicted molar refractivity (Wildman–Crippen MR) is 69.9 cm³/mol. The quantitative estimate of drug-likeness (QED) is 0.825. The van der Waals surface area contributed by atoms with Gasteiger partial charge < -0.3 is 10.2 Å². The Morgan fingerprint density at radius 3 is 2.44 bits per heavy atom. The van der Waals surface area contributed by atoms with Gasteiger partial charge in [-0.3, -0.25) is 9.59 Å². The molecule has 4 nitrogen and oxygen atoms in total. The molecule has 0 aromatic heterocycles. The first-order valence-electron chi connectivity index (χ1n) is 7.03. The molecule has 2 rings (SSSR count). The van der Waals surface area contributed by atoms with Crippen molar-refractivity contribution in [3.8, 4) is 0 Å². The largest absolute Gasteiger partial charge is 0.340 e. The van der Waals surface area contributed by atoms with E-state index in [2.05, 4.69) is 19.2 Å². The van der Waals surface area contributed by atoms with Crippen molar-refractivity contribution in [2.24, 2.45) is 11.8 Å². The Labute approximate surface area is 109 Å². The van der Waals surface area contributed by atoms with E-state index < -0.39 is 5.54 Å². The van der Waals surface area contributed by atoms with Crippen LogP contribution in [0.4, 0.5) is 0 Å². The van der Waals surface area contributed by atoms with E-state index in [1.54, 1.807) is 0 Å². The highest BCUT2D eigenvalue weighted by atomic mass is 16.2. The fraction of sp³-hybridized carbons (Fsp3) is 0.857. The van der Waals surface area contributed by atoms with Crippen molar-refractivity contribution in [3.63, 3.8) is 0 Å². The third-order valence-corrected chi connectivity index (χ3v) is 4.11. The first kappa shape index (κ1) is 13.4. The van der Waals surface area contributed by atoms with Crippen molar-refractivity contribution in [1.29, 1.82) is 0 Å². The Morgan fingerprint density at radius 2 is 2.00 bits per heavy atom. The van der Waals surface area contributed by atoms with Gasteiger partial charge in [0.25, 0.3) is 0 Å². The monoisotopic (exact) mass is 252 g/mol. The fourth-order valence-electron chi connectivity index (χ4n) is 2.92. The zero-order valence-electron chi connectivity index (χ0n) is 11.8. The lowest BCUT2D eigenvalue weighted by atomic mass is 9.88. The lowest BCUT2D eigenvalue weighted by Gasteiger charge is -2.45. The molecule has 1 saturated carbocycles. The van der Waals surface area contributed by atoms with E-state index in [0.29, 0.717) is 24.8 Å². The zero-order valence-corrected chi connectivity index (χ0v) is 11.8. The van der Waals surface area contributed by atoms with Crippen molar-refractivity contribution < 1.29 is 9.59 Å². The van der Waals surface area contributed by atoms with Crippen LogP contribution in [0.25, 0.3) is 0 Å². The summed E-state index contributed by atoms with van der Waals surface area (Å²) in [6.45, 7) is 8.70. The van der Waals surface area contributed by atoms with Gasteiger partial charge in [0, 0.05) is 6.54 Å². The lowest BCUT2D eigenvalue weighted by molar-refractivity contribution is -0.156. The molecular weight excluding hydrogens is 228 g/mol. The molecule has 0 bridgehead atoms. The van der Waals surface area contributed by atoms with Gasteiger partial charge in [0.15, 0.2) is 0 Å². The topological polar surface area (TPSA) is 49.4 Å². The van der Waals surface area contributed by atoms with Crippen LogP contribution in [0.3, 0.4) is 0 Å². The molecule has 0 radical (unpaired) electrons. The van der Waals surface area contributed by atoms with Gasteiger partial charge in [0.1, 0.15) is 11.6 Å². The molecule has 2 aliphatic rings. The van der Waals surface area contributed by atoms with E-state index >= 15 is 0 Å². The van der Waals surface area contributed by atoms with Gasteiger partial charge in [-0.2, -0.15) is 0 Å². The summed E-state index contributed by atoms with van der Waals surface area (Å²) in [4.78, 5) is 26.7. The highest BCUT2D eigenvalue weighted by Crippen LogP contribution is 2.42. The van der Waals surface area contributed by atoms with Crippen LogP contribution >= 0.6 is 0 Å². The minimum atomic E-state index is -0.655. The minimum Gasteiger partial charge on any atom is -0.340 e. The third kappa shape index (κ3) is 2.13. The van der Waals surface area contributed by atoms with Crippen molar-refractivity contribution in [2.75, 3.05) is 6.54 Å². The van der Waals surface area contributed by atoms with E-state index in [9.17, 15) is 9.59 Å². The maximum Gasteiger partial charge on any atom is 0.249 e. The van der Waals surface area contributed by atoms with Crippen LogP contribution < -0.4 is 5.32 Å². The Morgan fingerprint density at radius 1 is 1.39 bits per heavy atom. The summed E-state index contributed by atoms with van der Waals surface area (Å²) < 4.78 is 0. The molecule has 1 saturated heterocycles. The number of rotatable bonds is 4. The van der Waals surface area contributed by atoms with Crippen molar-refractivity contribution in [2.45, 2.75) is 58.5 Å². The normalized spacial score (nSPS) is 32.9. The Balaban J connectivity index is 2.26. The predicted octanol–water partition coefficient (Wildman–Crippen LogP) is 1.55. The molecule has 102 valence electrons. The van der Waals surface area contributed by atoms with Crippen LogP contribution in [-0.2, 0) is 9.59 Å². The number of piperazine rings is 1. The molecule has 2 atom stereocenters. The van der Waals surface area contributed by atoms with Gasteiger partial charge in [0.05, 0.1) is 0 Å². The van der Waals surface area contributed by atoms with E-state index in [-0.39, 0.29) is 17.9 Å². The van der Waals surface area contributed by atoms with Gasteiger partial charge in [-0.1, -0.05) is 20.8 Å². The maximum atomic E-state index is 12.7. The Bertz CT molecular complexity index is 363. The van der Waals surface area contributed by atoms with Crippen molar-refractivity contribution in [3.05, 3.63) is 0 Å². The second-order valence-corrected chi connectivity index (χ2v) is 6.24. The number of carbonyl (C=O) groups is 2. The maximum absolute atomic E-state index is 12.7. The molecule has 2 amide bonds. The minimum absolute atomic E-state index is 0.0205. The van der Waals surface area contributed by atoms with Gasteiger partial charge >= 0.3 is 0 Å². The van der Waals surface area contributed by atoms with E-state index in [1.807, 2.05) is 18.7 Å². The number of hydrogen-bond acceptors (Lipinski definition) is 2. The molecule has 0 aromatic rings. The van der Waals surface area contributed by atoms with Gasteiger partial charge in [0.2, 0.25) is 11.8 Å². The lowest BCUT2D eigenvalue weighted by Crippen LogP contribution is -2.70.